The second kappa shape index (κ2) is 6.22. The van der Waals surface area contributed by atoms with Crippen LogP contribution in [0.15, 0.2) is 53.3 Å². The summed E-state index contributed by atoms with van der Waals surface area (Å²) in [4.78, 5) is 26.7. The van der Waals surface area contributed by atoms with Gasteiger partial charge >= 0.3 is 0 Å². The summed E-state index contributed by atoms with van der Waals surface area (Å²) in [6.07, 6.45) is 0. The monoisotopic (exact) mass is 330 g/mol. The third-order valence-electron chi connectivity index (χ3n) is 3.45. The third kappa shape index (κ3) is 3.24. The lowest BCUT2D eigenvalue weighted by Crippen LogP contribution is -2.25. The van der Waals surface area contributed by atoms with Gasteiger partial charge in [-0.15, -0.1) is 0 Å². The second-order valence-electron chi connectivity index (χ2n) is 5.01. The molecule has 0 radical (unpaired) electrons. The Hall–Kier alpha value is -2.66. The number of hydrogen-bond acceptors (Lipinski definition) is 2. The zero-order valence-electron chi connectivity index (χ0n) is 11.9. The molecule has 6 heteroatoms. The quantitative estimate of drug-likeness (QED) is 0.774. The van der Waals surface area contributed by atoms with Crippen molar-refractivity contribution < 1.29 is 9.18 Å². The minimum absolute atomic E-state index is 0.138. The maximum absolute atomic E-state index is 13.0. The molecular formula is C17H12ClFN2O2. The molecule has 0 atom stereocenters. The fourth-order valence-electron chi connectivity index (χ4n) is 2.33. The van der Waals surface area contributed by atoms with Gasteiger partial charge in [0.05, 0.1) is 5.56 Å². The minimum atomic E-state index is -0.439. The van der Waals surface area contributed by atoms with E-state index in [1.54, 1.807) is 24.3 Å². The van der Waals surface area contributed by atoms with Crippen molar-refractivity contribution in [2.45, 2.75) is 6.54 Å². The van der Waals surface area contributed by atoms with Crippen LogP contribution < -0.4 is 10.9 Å². The van der Waals surface area contributed by atoms with E-state index in [4.69, 9.17) is 11.6 Å². The standard InChI is InChI=1S/C17H12ClFN2O2/c18-14-7-11(19)6-5-10(14)9-20-17(23)13-8-16(22)21-15-4-2-1-3-12(13)15/h1-8H,9H2,(H,20,23)(H,21,22). The van der Waals surface area contributed by atoms with Crippen molar-refractivity contribution >= 4 is 28.4 Å². The van der Waals surface area contributed by atoms with E-state index < -0.39 is 11.7 Å². The molecule has 3 rings (SSSR count). The van der Waals surface area contributed by atoms with Crippen molar-refractivity contribution in [3.8, 4) is 0 Å². The molecule has 2 aromatic carbocycles. The van der Waals surface area contributed by atoms with Crippen LogP contribution in [0, 0.1) is 5.82 Å². The molecule has 0 bridgehead atoms. The number of halogens is 2. The first-order valence-electron chi connectivity index (χ1n) is 6.89. The lowest BCUT2D eigenvalue weighted by Gasteiger charge is -2.09. The molecule has 116 valence electrons. The Kier molecular flexibility index (Phi) is 4.12. The van der Waals surface area contributed by atoms with Crippen LogP contribution in [0.4, 0.5) is 4.39 Å². The number of benzene rings is 2. The summed E-state index contributed by atoms with van der Waals surface area (Å²) in [6.45, 7) is 0.138. The first-order chi connectivity index (χ1) is 11.0. The molecule has 0 unspecified atom stereocenters. The molecule has 1 amide bonds. The van der Waals surface area contributed by atoms with E-state index in [-0.39, 0.29) is 22.7 Å². The fourth-order valence-corrected chi connectivity index (χ4v) is 2.56. The van der Waals surface area contributed by atoms with Crippen LogP contribution in [0.1, 0.15) is 15.9 Å². The summed E-state index contributed by atoms with van der Waals surface area (Å²) < 4.78 is 13.0. The molecule has 3 aromatic rings. The van der Waals surface area contributed by atoms with Crippen molar-refractivity contribution in [3.63, 3.8) is 0 Å². The van der Waals surface area contributed by atoms with E-state index in [9.17, 15) is 14.0 Å². The zero-order chi connectivity index (χ0) is 16.4. The normalized spacial score (nSPS) is 10.7. The summed E-state index contributed by atoms with van der Waals surface area (Å²) in [5.41, 5.74) is 1.11. The van der Waals surface area contributed by atoms with Gasteiger partial charge in [0.25, 0.3) is 5.91 Å². The van der Waals surface area contributed by atoms with Crippen LogP contribution in [0.3, 0.4) is 0 Å². The Balaban J connectivity index is 1.88. The molecule has 0 saturated carbocycles. The number of aromatic nitrogens is 1. The molecule has 4 nitrogen and oxygen atoms in total. The van der Waals surface area contributed by atoms with E-state index in [1.165, 1.54) is 24.3 Å². The molecule has 0 aliphatic rings. The van der Waals surface area contributed by atoms with E-state index in [0.29, 0.717) is 16.5 Å². The van der Waals surface area contributed by atoms with Crippen LogP contribution in [0.2, 0.25) is 5.02 Å². The number of carbonyl (C=O) groups is 1. The molecule has 2 N–H and O–H groups in total. The molecule has 23 heavy (non-hydrogen) atoms. The first-order valence-corrected chi connectivity index (χ1v) is 7.26. The van der Waals surface area contributed by atoms with E-state index in [2.05, 4.69) is 10.3 Å². The maximum Gasteiger partial charge on any atom is 0.252 e. The summed E-state index contributed by atoms with van der Waals surface area (Å²) in [6, 6.07) is 12.3. The Bertz CT molecular complexity index is 953. The molecule has 0 fully saturated rings. The van der Waals surface area contributed by atoms with Gasteiger partial charge in [-0.2, -0.15) is 0 Å². The van der Waals surface area contributed by atoms with E-state index in [1.807, 2.05) is 0 Å². The number of pyridine rings is 1. The molecule has 0 aliphatic heterocycles. The van der Waals surface area contributed by atoms with Gasteiger partial charge in [-0.05, 0) is 23.8 Å². The highest BCUT2D eigenvalue weighted by molar-refractivity contribution is 6.31. The number of amides is 1. The number of nitrogens with one attached hydrogen (secondary N) is 2. The maximum atomic E-state index is 13.0. The van der Waals surface area contributed by atoms with Gasteiger partial charge in [-0.1, -0.05) is 35.9 Å². The summed E-state index contributed by atoms with van der Waals surface area (Å²) in [5.74, 6) is -0.835. The van der Waals surface area contributed by atoms with Gasteiger partial charge < -0.3 is 10.3 Å². The molecule has 1 aromatic heterocycles. The highest BCUT2D eigenvalue weighted by Gasteiger charge is 2.12. The number of aromatic amines is 1. The molecular weight excluding hydrogens is 319 g/mol. The Morgan fingerprint density at radius 1 is 1.17 bits per heavy atom. The zero-order valence-corrected chi connectivity index (χ0v) is 12.7. The largest absolute Gasteiger partial charge is 0.348 e. The van der Waals surface area contributed by atoms with Crippen molar-refractivity contribution in [2.75, 3.05) is 0 Å². The van der Waals surface area contributed by atoms with Gasteiger partial charge in [0, 0.05) is 28.5 Å². The average Bonchev–Trinajstić information content (AvgIpc) is 2.53. The highest BCUT2D eigenvalue weighted by atomic mass is 35.5. The van der Waals surface area contributed by atoms with Crippen molar-refractivity contribution in [1.82, 2.24) is 10.3 Å². The van der Waals surface area contributed by atoms with Gasteiger partial charge in [-0.3, -0.25) is 9.59 Å². The molecule has 0 saturated heterocycles. The number of rotatable bonds is 3. The number of para-hydroxylation sites is 1. The lowest BCUT2D eigenvalue weighted by molar-refractivity contribution is 0.0952. The summed E-state index contributed by atoms with van der Waals surface area (Å²) in [5, 5.41) is 3.58. The van der Waals surface area contributed by atoms with Crippen molar-refractivity contribution in [2.24, 2.45) is 0 Å². The first kappa shape index (κ1) is 15.2. The average molecular weight is 331 g/mol. The summed E-state index contributed by atoms with van der Waals surface area (Å²) >= 11 is 5.93. The number of hydrogen-bond donors (Lipinski definition) is 2. The smallest absolute Gasteiger partial charge is 0.252 e. The van der Waals surface area contributed by atoms with Gasteiger partial charge in [0.15, 0.2) is 0 Å². The number of carbonyl (C=O) groups excluding carboxylic acids is 1. The number of fused-ring (bicyclic) bond motifs is 1. The van der Waals surface area contributed by atoms with Crippen molar-refractivity contribution in [1.29, 1.82) is 0 Å². The van der Waals surface area contributed by atoms with Gasteiger partial charge in [0.2, 0.25) is 5.56 Å². The van der Waals surface area contributed by atoms with Crippen LogP contribution in [-0.2, 0) is 6.54 Å². The van der Waals surface area contributed by atoms with Crippen LogP contribution in [0.25, 0.3) is 10.9 Å². The Labute approximate surface area is 135 Å². The van der Waals surface area contributed by atoms with Crippen LogP contribution >= 0.6 is 11.6 Å². The number of H-pyrrole nitrogens is 1. The van der Waals surface area contributed by atoms with Gasteiger partial charge in [-0.25, -0.2) is 4.39 Å². The highest BCUT2D eigenvalue weighted by Crippen LogP contribution is 2.18. The van der Waals surface area contributed by atoms with E-state index >= 15 is 0 Å². The Morgan fingerprint density at radius 3 is 2.74 bits per heavy atom. The molecule has 0 spiro atoms. The topological polar surface area (TPSA) is 62.0 Å². The Morgan fingerprint density at radius 2 is 1.96 bits per heavy atom. The summed E-state index contributed by atoms with van der Waals surface area (Å²) in [7, 11) is 0. The second-order valence-corrected chi connectivity index (χ2v) is 5.42. The minimum Gasteiger partial charge on any atom is -0.348 e. The SMILES string of the molecule is O=C(NCc1ccc(F)cc1Cl)c1cc(=O)[nH]c2ccccc12. The lowest BCUT2D eigenvalue weighted by atomic mass is 10.1. The fraction of sp³-hybridized carbons (Fsp3) is 0.0588. The predicted octanol–water partition coefficient (Wildman–Crippen LogP) is 3.25. The predicted molar refractivity (Wildman–Crippen MR) is 87.1 cm³/mol. The third-order valence-corrected chi connectivity index (χ3v) is 3.80. The van der Waals surface area contributed by atoms with E-state index in [0.717, 1.165) is 0 Å². The van der Waals surface area contributed by atoms with Crippen LogP contribution in [0.5, 0.6) is 0 Å². The van der Waals surface area contributed by atoms with Crippen LogP contribution in [-0.4, -0.2) is 10.9 Å². The van der Waals surface area contributed by atoms with Crippen molar-refractivity contribution in [3.05, 3.63) is 80.9 Å². The molecule has 1 heterocycles. The van der Waals surface area contributed by atoms with Gasteiger partial charge in [0.1, 0.15) is 5.82 Å². The molecule has 0 aliphatic carbocycles.